The van der Waals surface area contributed by atoms with E-state index in [1.165, 1.54) is 0 Å². The molecule has 1 aromatic heterocycles. The summed E-state index contributed by atoms with van der Waals surface area (Å²) < 4.78 is 0. The van der Waals surface area contributed by atoms with Crippen molar-refractivity contribution in [2.45, 2.75) is 33.6 Å². The van der Waals surface area contributed by atoms with E-state index < -0.39 is 0 Å². The first-order chi connectivity index (χ1) is 7.08. The zero-order valence-electron chi connectivity index (χ0n) is 9.66. The van der Waals surface area contributed by atoms with E-state index >= 15 is 0 Å². The molecule has 0 unspecified atom stereocenters. The molecule has 1 aromatic rings. The molecule has 1 rings (SSSR count). The molecule has 4 nitrogen and oxygen atoms in total. The van der Waals surface area contributed by atoms with Gasteiger partial charge in [-0.3, -0.25) is 0 Å². The normalized spacial score (nSPS) is 10.8. The first-order valence-corrected chi connectivity index (χ1v) is 5.62. The highest BCUT2D eigenvalue weighted by Gasteiger charge is 2.11. The van der Waals surface area contributed by atoms with Crippen molar-refractivity contribution in [3.8, 4) is 0 Å². The molecule has 0 aliphatic heterocycles. The van der Waals surface area contributed by atoms with Gasteiger partial charge in [0.25, 0.3) is 0 Å². The maximum absolute atomic E-state index is 5.86. The molecule has 1 heterocycles. The van der Waals surface area contributed by atoms with E-state index in [9.17, 15) is 0 Å². The Hall–Kier alpha value is -0.900. The Morgan fingerprint density at radius 1 is 1.13 bits per heavy atom. The Balaban J connectivity index is 3.07. The van der Waals surface area contributed by atoms with Crippen molar-refractivity contribution in [2.24, 2.45) is 0 Å². The van der Waals surface area contributed by atoms with Crippen molar-refractivity contribution in [2.75, 3.05) is 18.0 Å². The Bertz CT molecular complexity index is 323. The second-order valence-corrected chi connectivity index (χ2v) is 3.93. The molecule has 0 saturated carbocycles. The second-order valence-electron chi connectivity index (χ2n) is 3.59. The average molecular weight is 229 g/mol. The van der Waals surface area contributed by atoms with Gasteiger partial charge in [-0.15, -0.1) is 0 Å². The van der Waals surface area contributed by atoms with Crippen LogP contribution in [0.25, 0.3) is 0 Å². The van der Waals surface area contributed by atoms with Gasteiger partial charge in [0, 0.05) is 19.0 Å². The molecule has 0 radical (unpaired) electrons. The Labute approximate surface area is 95.7 Å². The third kappa shape index (κ3) is 3.02. The van der Waals surface area contributed by atoms with Crippen molar-refractivity contribution in [3.05, 3.63) is 11.1 Å². The summed E-state index contributed by atoms with van der Waals surface area (Å²) in [4.78, 5) is 14.7. The monoisotopic (exact) mass is 228 g/mol. The topological polar surface area (TPSA) is 41.9 Å². The summed E-state index contributed by atoms with van der Waals surface area (Å²) >= 11 is 5.86. The van der Waals surface area contributed by atoms with Crippen molar-refractivity contribution in [1.82, 2.24) is 15.0 Å². The first-order valence-electron chi connectivity index (χ1n) is 5.24. The van der Waals surface area contributed by atoms with E-state index in [1.54, 1.807) is 0 Å². The zero-order chi connectivity index (χ0) is 11.4. The summed E-state index contributed by atoms with van der Waals surface area (Å²) in [6, 6.07) is 0. The molecule has 84 valence electrons. The van der Waals surface area contributed by atoms with E-state index in [1.807, 2.05) is 13.8 Å². The van der Waals surface area contributed by atoms with Crippen molar-refractivity contribution < 1.29 is 0 Å². The van der Waals surface area contributed by atoms with Gasteiger partial charge in [-0.2, -0.15) is 9.97 Å². The molecule has 0 fully saturated rings. The van der Waals surface area contributed by atoms with Gasteiger partial charge < -0.3 is 4.90 Å². The molecule has 0 saturated heterocycles. The average Bonchev–Trinajstić information content (AvgIpc) is 2.18. The molecule has 0 spiro atoms. The van der Waals surface area contributed by atoms with Crippen molar-refractivity contribution in [3.63, 3.8) is 0 Å². The zero-order valence-corrected chi connectivity index (χ0v) is 10.4. The van der Waals surface area contributed by atoms with Crippen LogP contribution in [0.1, 0.15) is 39.4 Å². The maximum atomic E-state index is 5.86. The number of halogens is 1. The minimum Gasteiger partial charge on any atom is -0.341 e. The summed E-state index contributed by atoms with van der Waals surface area (Å²) in [5, 5.41) is 0.274. The molecule has 0 atom stereocenters. The lowest BCUT2D eigenvalue weighted by molar-refractivity contribution is 0.733. The third-order valence-electron chi connectivity index (χ3n) is 2.18. The summed E-state index contributed by atoms with van der Waals surface area (Å²) in [6.45, 7) is 9.95. The lowest BCUT2D eigenvalue weighted by atomic mass is 10.2. The van der Waals surface area contributed by atoms with E-state index in [0.29, 0.717) is 5.95 Å². The fraction of sp³-hybridized carbons (Fsp3) is 0.700. The highest BCUT2D eigenvalue weighted by atomic mass is 35.5. The highest BCUT2D eigenvalue weighted by Crippen LogP contribution is 2.15. The standard InChI is InChI=1S/C10H17ClN4/c1-5-15(6-2)10-13-8(7(3)4)12-9(11)14-10/h7H,5-6H2,1-4H3. The summed E-state index contributed by atoms with van der Waals surface area (Å²) in [5.74, 6) is 1.68. The molecular formula is C10H17ClN4. The Morgan fingerprint density at radius 2 is 1.73 bits per heavy atom. The molecule has 0 aliphatic rings. The largest absolute Gasteiger partial charge is 0.341 e. The van der Waals surface area contributed by atoms with E-state index in [2.05, 4.69) is 33.7 Å². The van der Waals surface area contributed by atoms with Gasteiger partial charge in [-0.05, 0) is 25.4 Å². The van der Waals surface area contributed by atoms with E-state index in [4.69, 9.17) is 11.6 Å². The van der Waals surface area contributed by atoms with Gasteiger partial charge in [0.15, 0.2) is 0 Å². The quantitative estimate of drug-likeness (QED) is 0.794. The molecule has 0 aliphatic carbocycles. The van der Waals surface area contributed by atoms with Gasteiger partial charge in [0.1, 0.15) is 5.82 Å². The van der Waals surface area contributed by atoms with Crippen LogP contribution in [0.3, 0.4) is 0 Å². The van der Waals surface area contributed by atoms with Crippen LogP contribution < -0.4 is 4.90 Å². The number of hydrogen-bond donors (Lipinski definition) is 0. The predicted molar refractivity (Wildman–Crippen MR) is 62.5 cm³/mol. The molecule has 5 heteroatoms. The van der Waals surface area contributed by atoms with Gasteiger partial charge in [-0.25, -0.2) is 4.98 Å². The van der Waals surface area contributed by atoms with Crippen LogP contribution in [0.2, 0.25) is 5.28 Å². The molecule has 0 N–H and O–H groups in total. The van der Waals surface area contributed by atoms with Gasteiger partial charge in [0.2, 0.25) is 11.2 Å². The molecule has 0 bridgehead atoms. The smallest absolute Gasteiger partial charge is 0.229 e. The lowest BCUT2D eigenvalue weighted by Crippen LogP contribution is -2.25. The van der Waals surface area contributed by atoms with Crippen LogP contribution in [0, 0.1) is 0 Å². The number of aromatic nitrogens is 3. The number of rotatable bonds is 4. The molecule has 0 aromatic carbocycles. The van der Waals surface area contributed by atoms with Gasteiger partial charge in [-0.1, -0.05) is 13.8 Å². The summed E-state index contributed by atoms with van der Waals surface area (Å²) in [7, 11) is 0. The van der Waals surface area contributed by atoms with Gasteiger partial charge >= 0.3 is 0 Å². The van der Waals surface area contributed by atoms with Crippen LogP contribution in [0.4, 0.5) is 5.95 Å². The van der Waals surface area contributed by atoms with E-state index in [0.717, 1.165) is 18.9 Å². The minimum atomic E-state index is 0.264. The minimum absolute atomic E-state index is 0.264. The fourth-order valence-electron chi connectivity index (χ4n) is 1.26. The predicted octanol–water partition coefficient (Wildman–Crippen LogP) is 2.49. The van der Waals surface area contributed by atoms with Crippen LogP contribution in [-0.2, 0) is 0 Å². The Morgan fingerprint density at radius 3 is 2.20 bits per heavy atom. The van der Waals surface area contributed by atoms with E-state index in [-0.39, 0.29) is 11.2 Å². The lowest BCUT2D eigenvalue weighted by Gasteiger charge is -2.19. The van der Waals surface area contributed by atoms with Crippen molar-refractivity contribution >= 4 is 17.5 Å². The molecule has 0 amide bonds. The third-order valence-corrected chi connectivity index (χ3v) is 2.35. The number of nitrogens with zero attached hydrogens (tertiary/aromatic N) is 4. The number of anilines is 1. The molecule has 15 heavy (non-hydrogen) atoms. The Kier molecular flexibility index (Phi) is 4.27. The highest BCUT2D eigenvalue weighted by molar-refractivity contribution is 6.28. The summed E-state index contributed by atoms with van der Waals surface area (Å²) in [6.07, 6.45) is 0. The van der Waals surface area contributed by atoms with Gasteiger partial charge in [0.05, 0.1) is 0 Å². The second kappa shape index (κ2) is 5.26. The van der Waals surface area contributed by atoms with Crippen molar-refractivity contribution in [1.29, 1.82) is 0 Å². The van der Waals surface area contributed by atoms with Crippen LogP contribution in [0.15, 0.2) is 0 Å². The van der Waals surface area contributed by atoms with Crippen LogP contribution in [0.5, 0.6) is 0 Å². The molecular weight excluding hydrogens is 212 g/mol. The summed E-state index contributed by atoms with van der Waals surface area (Å²) in [5.41, 5.74) is 0. The SMILES string of the molecule is CCN(CC)c1nc(Cl)nc(C(C)C)n1. The fourth-order valence-corrected chi connectivity index (χ4v) is 1.42. The maximum Gasteiger partial charge on any atom is 0.229 e. The number of hydrogen-bond acceptors (Lipinski definition) is 4. The first kappa shape index (κ1) is 12.2. The van der Waals surface area contributed by atoms with Crippen LogP contribution in [-0.4, -0.2) is 28.0 Å². The van der Waals surface area contributed by atoms with Crippen LogP contribution >= 0.6 is 11.6 Å².